The van der Waals surface area contributed by atoms with E-state index in [0.29, 0.717) is 0 Å². The molecule has 0 N–H and O–H groups in total. The van der Waals surface area contributed by atoms with Gasteiger partial charge in [0.2, 0.25) is 0 Å². The van der Waals surface area contributed by atoms with E-state index in [0.717, 1.165) is 84.3 Å². The van der Waals surface area contributed by atoms with Gasteiger partial charge in [-0.3, -0.25) is 0 Å². The van der Waals surface area contributed by atoms with Crippen molar-refractivity contribution in [2.75, 3.05) is 14.7 Å². The molecule has 0 aliphatic carbocycles. The van der Waals surface area contributed by atoms with Gasteiger partial charge in [-0.25, -0.2) is 0 Å². The van der Waals surface area contributed by atoms with Gasteiger partial charge in [0.05, 0.1) is 17.1 Å². The molecule has 424 valence electrons. The van der Waals surface area contributed by atoms with Crippen molar-refractivity contribution >= 4 is 74.3 Å². The number of benzene rings is 11. The molecular weight excluding hydrogens is 1040 g/mol. The molecule has 2 aliphatic heterocycles. The zero-order valence-corrected chi connectivity index (χ0v) is 52.2. The first-order valence-electron chi connectivity index (χ1n) is 30.8. The van der Waals surface area contributed by atoms with Crippen LogP contribution in [0.2, 0.25) is 0 Å². The fourth-order valence-electron chi connectivity index (χ4n) is 13.2. The molecule has 3 nitrogen and oxygen atoms in total. The van der Waals surface area contributed by atoms with Gasteiger partial charge in [-0.05, 0) is 131 Å². The topological polar surface area (TPSA) is 9.72 Å². The Morgan fingerprint density at radius 3 is 0.849 bits per heavy atom. The Morgan fingerprint density at radius 1 is 0.267 bits per heavy atom. The highest BCUT2D eigenvalue weighted by atomic mass is 15.2. The van der Waals surface area contributed by atoms with E-state index in [1.807, 2.05) is 0 Å². The highest BCUT2D eigenvalue weighted by molar-refractivity contribution is 7.00. The van der Waals surface area contributed by atoms with Gasteiger partial charge in [0.25, 0.3) is 6.71 Å². The van der Waals surface area contributed by atoms with E-state index in [2.05, 4.69) is 353 Å². The van der Waals surface area contributed by atoms with Crippen LogP contribution in [0.1, 0.15) is 105 Å². The van der Waals surface area contributed by atoms with Gasteiger partial charge in [-0.15, -0.1) is 0 Å². The lowest BCUT2D eigenvalue weighted by atomic mass is 9.33. The molecule has 0 atom stereocenters. The monoisotopic (exact) mass is 1120 g/mol. The first-order valence-corrected chi connectivity index (χ1v) is 30.8. The van der Waals surface area contributed by atoms with Crippen molar-refractivity contribution in [3.8, 4) is 44.5 Å². The SMILES string of the molecule is CC(C)(C)c1ccc(N(c2ccc(C(C)(C)C)cc2)c2cc3c4c(c2)N(c2c(-c5ccccc5)cccc2-c2ccccc2)c2ccc(C(C)(C)C)cc2B4c2cc(C(C)(C)C)ccc2N3c2c(-c3ccccc3)cccc2-c2ccccc2)cc1. The molecule has 0 spiro atoms. The van der Waals surface area contributed by atoms with Gasteiger partial charge in [-0.1, -0.05) is 289 Å². The number of rotatable bonds is 9. The van der Waals surface area contributed by atoms with Crippen molar-refractivity contribution in [3.05, 3.63) is 277 Å². The standard InChI is InChI=1S/C82H78BN3/c1-79(2,3)59-39-45-63(46-40-59)84(64-47-41-60(42-48-64)80(4,5)6)65-53-74-76-75(54-65)86(78-68(57-31-21-15-22-32-57)37-26-38-69(78)58-33-23-16-24-34-58)73-50-44-62(82(10,11)12)52-71(73)83(76)70-51-61(81(7,8)9)43-49-72(70)85(74)77-66(55-27-17-13-18-28-55)35-25-36-67(77)56-29-19-14-20-30-56/h13-54H,1-12H3. The average molecular weight is 1120 g/mol. The lowest BCUT2D eigenvalue weighted by molar-refractivity contribution is 0.590. The Kier molecular flexibility index (Phi) is 14.0. The van der Waals surface area contributed by atoms with Gasteiger partial charge in [0, 0.05) is 56.4 Å². The first-order chi connectivity index (χ1) is 41.2. The third-order valence-electron chi connectivity index (χ3n) is 17.9. The summed E-state index contributed by atoms with van der Waals surface area (Å²) in [5.74, 6) is 0. The molecule has 0 saturated carbocycles. The number of hydrogen-bond donors (Lipinski definition) is 0. The second kappa shape index (κ2) is 21.4. The molecule has 0 bridgehead atoms. The minimum Gasteiger partial charge on any atom is -0.310 e. The fraction of sp³-hybridized carbons (Fsp3) is 0.195. The van der Waals surface area contributed by atoms with Crippen LogP contribution in [0.25, 0.3) is 44.5 Å². The highest BCUT2D eigenvalue weighted by Crippen LogP contribution is 2.55. The van der Waals surface area contributed by atoms with Crippen LogP contribution in [-0.4, -0.2) is 6.71 Å². The predicted molar refractivity (Wildman–Crippen MR) is 372 cm³/mol. The summed E-state index contributed by atoms with van der Waals surface area (Å²) in [4.78, 5) is 7.86. The van der Waals surface area contributed by atoms with E-state index < -0.39 is 0 Å². The Bertz CT molecular complexity index is 3900. The largest absolute Gasteiger partial charge is 0.310 e. The van der Waals surface area contributed by atoms with E-state index in [9.17, 15) is 0 Å². The fourth-order valence-corrected chi connectivity index (χ4v) is 13.2. The summed E-state index contributed by atoms with van der Waals surface area (Å²) < 4.78 is 0. The molecule has 0 amide bonds. The van der Waals surface area contributed by atoms with Crippen LogP contribution in [0.5, 0.6) is 0 Å². The maximum atomic E-state index is 2.67. The van der Waals surface area contributed by atoms with Crippen molar-refractivity contribution in [1.82, 2.24) is 0 Å². The average Bonchev–Trinajstić information content (AvgIpc) is 0.741. The predicted octanol–water partition coefficient (Wildman–Crippen LogP) is 21.1. The van der Waals surface area contributed by atoms with E-state index in [4.69, 9.17) is 0 Å². The number of anilines is 9. The summed E-state index contributed by atoms with van der Waals surface area (Å²) >= 11 is 0. The summed E-state index contributed by atoms with van der Waals surface area (Å²) in [7, 11) is 0. The number of fused-ring (bicyclic) bond motifs is 4. The molecule has 86 heavy (non-hydrogen) atoms. The summed E-state index contributed by atoms with van der Waals surface area (Å²) in [5.41, 5.74) is 28.1. The maximum Gasteiger partial charge on any atom is 0.252 e. The summed E-state index contributed by atoms with van der Waals surface area (Å²) in [6, 6.07) is 96.6. The molecule has 11 aromatic carbocycles. The lowest BCUT2D eigenvalue weighted by Gasteiger charge is -2.47. The van der Waals surface area contributed by atoms with Crippen LogP contribution >= 0.6 is 0 Å². The van der Waals surface area contributed by atoms with Gasteiger partial charge in [-0.2, -0.15) is 0 Å². The molecule has 0 fully saturated rings. The van der Waals surface area contributed by atoms with E-state index in [-0.39, 0.29) is 28.4 Å². The number of hydrogen-bond acceptors (Lipinski definition) is 3. The van der Waals surface area contributed by atoms with Gasteiger partial charge in [0.1, 0.15) is 0 Å². The zero-order valence-electron chi connectivity index (χ0n) is 52.2. The number of para-hydroxylation sites is 2. The van der Waals surface area contributed by atoms with Crippen LogP contribution in [0.15, 0.2) is 255 Å². The van der Waals surface area contributed by atoms with Gasteiger partial charge < -0.3 is 14.7 Å². The minimum atomic E-state index is -0.158. The van der Waals surface area contributed by atoms with E-state index in [1.54, 1.807) is 0 Å². The van der Waals surface area contributed by atoms with Crippen molar-refractivity contribution in [3.63, 3.8) is 0 Å². The maximum absolute atomic E-state index is 2.67. The second-order valence-electron chi connectivity index (χ2n) is 27.8. The second-order valence-corrected chi connectivity index (χ2v) is 27.8. The molecular formula is C82H78BN3. The molecule has 2 heterocycles. The summed E-state index contributed by atoms with van der Waals surface area (Å²) in [6.07, 6.45) is 0. The van der Waals surface area contributed by atoms with E-state index >= 15 is 0 Å². The highest BCUT2D eigenvalue weighted by Gasteiger charge is 2.46. The molecule has 0 unspecified atom stereocenters. The van der Waals surface area contributed by atoms with Crippen molar-refractivity contribution in [2.45, 2.75) is 105 Å². The molecule has 2 aliphatic rings. The van der Waals surface area contributed by atoms with Crippen LogP contribution < -0.4 is 31.1 Å². The first kappa shape index (κ1) is 56.0. The normalized spacial score (nSPS) is 13.0. The van der Waals surface area contributed by atoms with Crippen molar-refractivity contribution < 1.29 is 0 Å². The molecule has 0 aromatic heterocycles. The lowest BCUT2D eigenvalue weighted by Crippen LogP contribution is -2.61. The van der Waals surface area contributed by atoms with Crippen LogP contribution in [-0.2, 0) is 21.7 Å². The van der Waals surface area contributed by atoms with Gasteiger partial charge >= 0.3 is 0 Å². The quantitative estimate of drug-likeness (QED) is 0.133. The zero-order chi connectivity index (χ0) is 59.9. The van der Waals surface area contributed by atoms with Crippen molar-refractivity contribution in [2.24, 2.45) is 0 Å². The van der Waals surface area contributed by atoms with Crippen molar-refractivity contribution in [1.29, 1.82) is 0 Å². The van der Waals surface area contributed by atoms with Gasteiger partial charge in [0.15, 0.2) is 0 Å². The van der Waals surface area contributed by atoms with Crippen LogP contribution in [0.3, 0.4) is 0 Å². The van der Waals surface area contributed by atoms with E-state index in [1.165, 1.54) is 50.0 Å². The third kappa shape index (κ3) is 10.1. The summed E-state index contributed by atoms with van der Waals surface area (Å²) in [6.45, 7) is 27.8. The number of nitrogens with zero attached hydrogens (tertiary/aromatic N) is 3. The minimum absolute atomic E-state index is 0.0323. The molecule has 0 saturated heterocycles. The Morgan fingerprint density at radius 2 is 0.558 bits per heavy atom. The Hall–Kier alpha value is -9.12. The molecule has 0 radical (unpaired) electrons. The Balaban J connectivity index is 1.24. The molecule has 13 rings (SSSR count). The summed E-state index contributed by atoms with van der Waals surface area (Å²) in [5, 5.41) is 0. The van der Waals surface area contributed by atoms with Crippen LogP contribution in [0.4, 0.5) is 51.2 Å². The Labute approximate surface area is 512 Å². The molecule has 11 aromatic rings. The molecule has 4 heteroatoms. The smallest absolute Gasteiger partial charge is 0.252 e. The third-order valence-corrected chi connectivity index (χ3v) is 17.9. The van der Waals surface area contributed by atoms with Crippen LogP contribution in [0, 0.1) is 0 Å².